The number of hydrogen-bond donors (Lipinski definition) is 1. The molecule has 146 valence electrons. The van der Waals surface area contributed by atoms with Crippen LogP contribution in [0.5, 0.6) is 0 Å². The summed E-state index contributed by atoms with van der Waals surface area (Å²) in [6.07, 6.45) is 10.2. The summed E-state index contributed by atoms with van der Waals surface area (Å²) in [6, 6.07) is 3.07. The van der Waals surface area contributed by atoms with E-state index in [1.54, 1.807) is 12.3 Å². The number of aromatic nitrogens is 1. The zero-order chi connectivity index (χ0) is 20.1. The topological polar surface area (TPSA) is 34.0 Å². The lowest BCUT2D eigenvalue weighted by molar-refractivity contribution is 0.0971. The summed E-state index contributed by atoms with van der Waals surface area (Å²) < 4.78 is 16.7. The summed E-state index contributed by atoms with van der Waals surface area (Å²) in [6.45, 7) is 8.74. The SMILES string of the molecule is CCCC[C@@]1(C)C=CC2=C=CNC(=O)c3cc(F)cc4c3c2c(n4C(C)C)C1. The Hall–Kier alpha value is -2.58. The van der Waals surface area contributed by atoms with Crippen LogP contribution in [0, 0.1) is 11.2 Å². The molecule has 1 atom stereocenters. The van der Waals surface area contributed by atoms with Crippen molar-refractivity contribution in [2.75, 3.05) is 0 Å². The van der Waals surface area contributed by atoms with E-state index in [0.717, 1.165) is 47.7 Å². The first-order valence-corrected chi connectivity index (χ1v) is 10.2. The molecule has 1 aliphatic carbocycles. The van der Waals surface area contributed by atoms with Crippen LogP contribution >= 0.6 is 0 Å². The molecule has 0 bridgehead atoms. The summed E-state index contributed by atoms with van der Waals surface area (Å²) in [5, 5.41) is 3.56. The van der Waals surface area contributed by atoms with Crippen LogP contribution in [-0.4, -0.2) is 10.5 Å². The molecule has 0 saturated carbocycles. The molecule has 4 rings (SSSR count). The minimum Gasteiger partial charge on any atom is -0.341 e. The Labute approximate surface area is 165 Å². The van der Waals surface area contributed by atoms with Crippen LogP contribution in [0.4, 0.5) is 4.39 Å². The first-order valence-electron chi connectivity index (χ1n) is 10.2. The normalized spacial score (nSPS) is 20.8. The van der Waals surface area contributed by atoms with E-state index in [-0.39, 0.29) is 23.2 Å². The number of allylic oxidation sites excluding steroid dienone is 3. The largest absolute Gasteiger partial charge is 0.341 e. The monoisotopic (exact) mass is 378 g/mol. The van der Waals surface area contributed by atoms with Crippen LogP contribution in [0.15, 0.2) is 36.2 Å². The molecular formula is C24H27FN2O. The van der Waals surface area contributed by atoms with E-state index < -0.39 is 0 Å². The van der Waals surface area contributed by atoms with Crippen LogP contribution in [0.1, 0.15) is 74.6 Å². The van der Waals surface area contributed by atoms with Crippen LogP contribution in [0.2, 0.25) is 0 Å². The van der Waals surface area contributed by atoms with Gasteiger partial charge in [-0.3, -0.25) is 4.79 Å². The van der Waals surface area contributed by atoms with Gasteiger partial charge in [0.2, 0.25) is 0 Å². The number of hydrogen-bond acceptors (Lipinski definition) is 1. The Balaban J connectivity index is 2.12. The number of rotatable bonds is 4. The van der Waals surface area contributed by atoms with Gasteiger partial charge in [-0.2, -0.15) is 0 Å². The number of carbonyl (C=O) groups is 1. The van der Waals surface area contributed by atoms with Gasteiger partial charge in [-0.05, 0) is 50.3 Å². The van der Waals surface area contributed by atoms with Crippen molar-refractivity contribution in [3.63, 3.8) is 0 Å². The molecule has 1 aromatic heterocycles. The van der Waals surface area contributed by atoms with Crippen molar-refractivity contribution in [1.29, 1.82) is 0 Å². The van der Waals surface area contributed by atoms with Crippen LogP contribution in [0.3, 0.4) is 0 Å². The number of nitrogens with zero attached hydrogens (tertiary/aromatic N) is 1. The van der Waals surface area contributed by atoms with Crippen molar-refractivity contribution in [3.05, 3.63) is 58.9 Å². The van der Waals surface area contributed by atoms with E-state index in [9.17, 15) is 9.18 Å². The van der Waals surface area contributed by atoms with Crippen molar-refractivity contribution in [1.82, 2.24) is 9.88 Å². The Morgan fingerprint density at radius 3 is 2.86 bits per heavy atom. The predicted octanol–water partition coefficient (Wildman–Crippen LogP) is 5.91. The Morgan fingerprint density at radius 2 is 2.14 bits per heavy atom. The van der Waals surface area contributed by atoms with Crippen molar-refractivity contribution >= 4 is 22.4 Å². The zero-order valence-electron chi connectivity index (χ0n) is 17.0. The van der Waals surface area contributed by atoms with E-state index in [1.165, 1.54) is 11.8 Å². The molecule has 1 aliphatic heterocycles. The molecule has 1 N–H and O–H groups in total. The third-order valence-corrected chi connectivity index (χ3v) is 5.96. The maximum Gasteiger partial charge on any atom is 0.256 e. The number of halogens is 1. The third-order valence-electron chi connectivity index (χ3n) is 5.96. The van der Waals surface area contributed by atoms with E-state index in [1.807, 2.05) is 0 Å². The number of benzene rings is 1. The summed E-state index contributed by atoms with van der Waals surface area (Å²) >= 11 is 0. The molecule has 2 heterocycles. The number of amides is 1. The molecule has 4 heteroatoms. The van der Waals surface area contributed by atoms with E-state index in [2.05, 4.69) is 55.5 Å². The lowest BCUT2D eigenvalue weighted by Gasteiger charge is -2.27. The van der Waals surface area contributed by atoms with Gasteiger partial charge < -0.3 is 9.88 Å². The van der Waals surface area contributed by atoms with Crippen LogP contribution in [-0.2, 0) is 6.42 Å². The van der Waals surface area contributed by atoms with Gasteiger partial charge in [0.05, 0.1) is 11.1 Å². The van der Waals surface area contributed by atoms with Gasteiger partial charge in [-0.25, -0.2) is 4.39 Å². The smallest absolute Gasteiger partial charge is 0.256 e. The Bertz CT molecular complexity index is 1070. The molecular weight excluding hydrogens is 351 g/mol. The highest BCUT2D eigenvalue weighted by Crippen LogP contribution is 2.44. The van der Waals surface area contributed by atoms with Crippen LogP contribution < -0.4 is 5.32 Å². The average molecular weight is 378 g/mol. The summed E-state index contributed by atoms with van der Waals surface area (Å²) in [5.74, 6) is -0.673. The summed E-state index contributed by atoms with van der Waals surface area (Å²) in [5.41, 5.74) is 7.61. The molecule has 1 amide bonds. The second-order valence-electron chi connectivity index (χ2n) is 8.58. The maximum atomic E-state index is 14.5. The van der Waals surface area contributed by atoms with Gasteiger partial charge in [0.15, 0.2) is 0 Å². The van der Waals surface area contributed by atoms with Crippen molar-refractivity contribution in [2.45, 2.75) is 59.4 Å². The van der Waals surface area contributed by atoms with Gasteiger partial charge in [0.1, 0.15) is 5.82 Å². The fourth-order valence-electron chi connectivity index (χ4n) is 4.63. The van der Waals surface area contributed by atoms with Crippen molar-refractivity contribution in [2.24, 2.45) is 5.41 Å². The maximum absolute atomic E-state index is 14.5. The molecule has 0 unspecified atom stereocenters. The molecule has 2 aromatic rings. The lowest BCUT2D eigenvalue weighted by Crippen LogP contribution is -2.19. The summed E-state index contributed by atoms with van der Waals surface area (Å²) in [7, 11) is 0. The number of carbonyl (C=O) groups excluding carboxylic acids is 1. The highest BCUT2D eigenvalue weighted by Gasteiger charge is 2.33. The molecule has 2 aliphatic rings. The molecule has 0 radical (unpaired) electrons. The average Bonchev–Trinajstić information content (AvgIpc) is 2.86. The van der Waals surface area contributed by atoms with E-state index in [4.69, 9.17) is 0 Å². The summed E-state index contributed by atoms with van der Waals surface area (Å²) in [4.78, 5) is 12.7. The molecule has 28 heavy (non-hydrogen) atoms. The fourth-order valence-corrected chi connectivity index (χ4v) is 4.63. The van der Waals surface area contributed by atoms with Gasteiger partial charge >= 0.3 is 0 Å². The number of nitrogens with one attached hydrogen (secondary N) is 1. The minimum absolute atomic E-state index is 0.0133. The highest BCUT2D eigenvalue weighted by molar-refractivity contribution is 6.12. The Kier molecular flexibility index (Phi) is 4.55. The van der Waals surface area contributed by atoms with E-state index >= 15 is 0 Å². The quantitative estimate of drug-likeness (QED) is 0.659. The second kappa shape index (κ2) is 6.79. The predicted molar refractivity (Wildman–Crippen MR) is 112 cm³/mol. The third kappa shape index (κ3) is 2.93. The van der Waals surface area contributed by atoms with Crippen molar-refractivity contribution < 1.29 is 9.18 Å². The first-order chi connectivity index (χ1) is 13.3. The highest BCUT2D eigenvalue weighted by atomic mass is 19.1. The van der Waals surface area contributed by atoms with Gasteiger partial charge in [-0.1, -0.05) is 38.5 Å². The Morgan fingerprint density at radius 1 is 1.36 bits per heavy atom. The van der Waals surface area contributed by atoms with Gasteiger partial charge in [0.25, 0.3) is 5.91 Å². The fraction of sp³-hybridized carbons (Fsp3) is 0.417. The zero-order valence-corrected chi connectivity index (χ0v) is 17.0. The first kappa shape index (κ1) is 18.8. The molecule has 1 aromatic carbocycles. The van der Waals surface area contributed by atoms with E-state index in [0.29, 0.717) is 5.56 Å². The molecule has 3 nitrogen and oxygen atoms in total. The van der Waals surface area contributed by atoms with Crippen LogP contribution in [0.25, 0.3) is 16.5 Å². The minimum atomic E-state index is -0.383. The lowest BCUT2D eigenvalue weighted by atomic mass is 9.80. The second-order valence-corrected chi connectivity index (χ2v) is 8.58. The molecule has 0 spiro atoms. The van der Waals surface area contributed by atoms with Gasteiger partial charge in [0, 0.05) is 34.5 Å². The number of unbranched alkanes of at least 4 members (excludes halogenated alkanes) is 1. The standard InChI is InChI=1S/C24H27FN2O/c1-5-6-9-24(4)10-7-16-8-11-26-23(28)18-12-17(25)13-19-22(18)21(16)20(14-24)27(19)15(2)3/h7,10-13,15H,5-6,9,14H2,1-4H3,(H,26,28)/t8?,24-/m0/s1. The molecule has 0 fully saturated rings. The molecule has 0 saturated heterocycles. The van der Waals surface area contributed by atoms with Gasteiger partial charge in [-0.15, -0.1) is 0 Å². The van der Waals surface area contributed by atoms with Crippen molar-refractivity contribution in [3.8, 4) is 0 Å².